The number of aryl methyl sites for hydroxylation is 1. The Labute approximate surface area is 104 Å². The van der Waals surface area contributed by atoms with E-state index in [2.05, 4.69) is 21.2 Å². The van der Waals surface area contributed by atoms with Crippen LogP contribution in [0.25, 0.3) is 0 Å². The molecule has 0 saturated carbocycles. The lowest BCUT2D eigenvalue weighted by Crippen LogP contribution is -2.22. The zero-order valence-corrected chi connectivity index (χ0v) is 10.7. The van der Waals surface area contributed by atoms with E-state index in [4.69, 9.17) is 5.26 Å². The molecule has 1 N–H and O–H groups in total. The lowest BCUT2D eigenvalue weighted by molar-refractivity contribution is -0.121. The van der Waals surface area contributed by atoms with Gasteiger partial charge in [0.05, 0.1) is 6.07 Å². The van der Waals surface area contributed by atoms with Crippen molar-refractivity contribution in [1.82, 2.24) is 5.32 Å². The Morgan fingerprint density at radius 1 is 1.56 bits per heavy atom. The van der Waals surface area contributed by atoms with Crippen LogP contribution in [-0.4, -0.2) is 5.91 Å². The van der Waals surface area contributed by atoms with E-state index in [1.54, 1.807) is 0 Å². The standard InChI is InChI=1S/C12H13BrN2O/c1-9-4-5-11(13)7-10(9)8-15-12(16)3-2-6-14/h4-5,7H,2-3,8H2,1H3,(H,15,16). The SMILES string of the molecule is Cc1ccc(Br)cc1CNC(=O)CCC#N. The lowest BCUT2D eigenvalue weighted by atomic mass is 10.1. The van der Waals surface area contributed by atoms with E-state index in [1.165, 1.54) is 0 Å². The van der Waals surface area contributed by atoms with Gasteiger partial charge in [-0.25, -0.2) is 0 Å². The predicted octanol–water partition coefficient (Wildman–Crippen LogP) is 2.68. The van der Waals surface area contributed by atoms with E-state index >= 15 is 0 Å². The molecule has 0 aliphatic carbocycles. The van der Waals surface area contributed by atoms with Gasteiger partial charge in [-0.3, -0.25) is 4.79 Å². The van der Waals surface area contributed by atoms with Gasteiger partial charge in [-0.2, -0.15) is 5.26 Å². The van der Waals surface area contributed by atoms with Crippen LogP contribution in [0, 0.1) is 18.3 Å². The highest BCUT2D eigenvalue weighted by Crippen LogP contribution is 2.15. The van der Waals surface area contributed by atoms with Gasteiger partial charge in [0.1, 0.15) is 0 Å². The van der Waals surface area contributed by atoms with Crippen LogP contribution in [0.3, 0.4) is 0 Å². The molecule has 0 atom stereocenters. The number of benzene rings is 1. The Hall–Kier alpha value is -1.34. The first-order chi connectivity index (χ1) is 7.63. The molecule has 0 saturated heterocycles. The molecule has 4 heteroatoms. The van der Waals surface area contributed by atoms with Crippen LogP contribution in [0.1, 0.15) is 24.0 Å². The molecule has 1 aromatic rings. The highest BCUT2D eigenvalue weighted by molar-refractivity contribution is 9.10. The number of carbonyl (C=O) groups is 1. The molecular weight excluding hydrogens is 268 g/mol. The molecule has 0 bridgehead atoms. The fourth-order valence-corrected chi connectivity index (χ4v) is 1.69. The van der Waals surface area contributed by atoms with Crippen LogP contribution in [0.15, 0.2) is 22.7 Å². The number of rotatable bonds is 4. The van der Waals surface area contributed by atoms with Gasteiger partial charge in [-0.15, -0.1) is 0 Å². The smallest absolute Gasteiger partial charge is 0.221 e. The van der Waals surface area contributed by atoms with E-state index in [0.717, 1.165) is 15.6 Å². The normalized spacial score (nSPS) is 9.56. The van der Waals surface area contributed by atoms with E-state index in [0.29, 0.717) is 6.54 Å². The van der Waals surface area contributed by atoms with Crippen molar-refractivity contribution in [3.63, 3.8) is 0 Å². The summed E-state index contributed by atoms with van der Waals surface area (Å²) in [6.45, 7) is 2.51. The maximum Gasteiger partial charge on any atom is 0.221 e. The van der Waals surface area contributed by atoms with Crippen molar-refractivity contribution in [3.05, 3.63) is 33.8 Å². The average Bonchev–Trinajstić information content (AvgIpc) is 2.27. The number of nitrogens with zero attached hydrogens (tertiary/aromatic N) is 1. The first-order valence-corrected chi connectivity index (χ1v) is 5.81. The second-order valence-corrected chi connectivity index (χ2v) is 4.42. The summed E-state index contributed by atoms with van der Waals surface area (Å²) in [6, 6.07) is 7.90. The van der Waals surface area contributed by atoms with Crippen molar-refractivity contribution in [3.8, 4) is 6.07 Å². The molecular formula is C12H13BrN2O. The highest BCUT2D eigenvalue weighted by atomic mass is 79.9. The summed E-state index contributed by atoms with van der Waals surface area (Å²) in [6.07, 6.45) is 0.535. The average molecular weight is 281 g/mol. The van der Waals surface area contributed by atoms with Crippen molar-refractivity contribution >= 4 is 21.8 Å². The Bertz CT molecular complexity index is 424. The molecule has 1 amide bonds. The molecule has 0 radical (unpaired) electrons. The number of amides is 1. The molecule has 0 aliphatic rings. The summed E-state index contributed by atoms with van der Waals surface area (Å²) >= 11 is 3.39. The van der Waals surface area contributed by atoms with Gasteiger partial charge in [-0.1, -0.05) is 22.0 Å². The number of carbonyl (C=O) groups excluding carboxylic acids is 1. The van der Waals surface area contributed by atoms with E-state index in [1.807, 2.05) is 31.2 Å². The topological polar surface area (TPSA) is 52.9 Å². The van der Waals surface area contributed by atoms with Gasteiger partial charge in [0.25, 0.3) is 0 Å². The van der Waals surface area contributed by atoms with Gasteiger partial charge in [-0.05, 0) is 30.2 Å². The fourth-order valence-electron chi connectivity index (χ4n) is 1.28. The molecule has 0 aromatic heterocycles. The highest BCUT2D eigenvalue weighted by Gasteiger charge is 2.03. The minimum absolute atomic E-state index is 0.0825. The summed E-state index contributed by atoms with van der Waals surface area (Å²) in [7, 11) is 0. The minimum atomic E-state index is -0.0825. The van der Waals surface area contributed by atoms with Gasteiger partial charge in [0.15, 0.2) is 0 Å². The molecule has 0 heterocycles. The summed E-state index contributed by atoms with van der Waals surface area (Å²) in [5.41, 5.74) is 2.23. The molecule has 1 rings (SSSR count). The van der Waals surface area contributed by atoms with E-state index < -0.39 is 0 Å². The molecule has 1 aromatic carbocycles. The first-order valence-electron chi connectivity index (χ1n) is 5.02. The number of halogens is 1. The van der Waals surface area contributed by atoms with Crippen LogP contribution in [0.5, 0.6) is 0 Å². The Kier molecular flexibility index (Phi) is 5.00. The van der Waals surface area contributed by atoms with Gasteiger partial charge < -0.3 is 5.32 Å². The molecule has 0 spiro atoms. The minimum Gasteiger partial charge on any atom is -0.352 e. The molecule has 3 nitrogen and oxygen atoms in total. The van der Waals surface area contributed by atoms with Crippen LogP contribution in [0.2, 0.25) is 0 Å². The van der Waals surface area contributed by atoms with Gasteiger partial charge in [0, 0.05) is 23.9 Å². The Balaban J connectivity index is 2.51. The summed E-state index contributed by atoms with van der Waals surface area (Å²) < 4.78 is 0.999. The van der Waals surface area contributed by atoms with Crippen LogP contribution in [-0.2, 0) is 11.3 Å². The third-order valence-corrected chi connectivity index (χ3v) is 2.74. The number of nitrogens with one attached hydrogen (secondary N) is 1. The fraction of sp³-hybridized carbons (Fsp3) is 0.333. The Morgan fingerprint density at radius 3 is 3.00 bits per heavy atom. The van der Waals surface area contributed by atoms with Crippen LogP contribution < -0.4 is 5.32 Å². The third-order valence-electron chi connectivity index (χ3n) is 2.25. The Morgan fingerprint density at radius 2 is 2.31 bits per heavy atom. The predicted molar refractivity (Wildman–Crippen MR) is 65.6 cm³/mol. The zero-order valence-electron chi connectivity index (χ0n) is 9.09. The monoisotopic (exact) mass is 280 g/mol. The van der Waals surface area contributed by atoms with E-state index in [-0.39, 0.29) is 18.7 Å². The second kappa shape index (κ2) is 6.29. The number of hydrogen-bond donors (Lipinski definition) is 1. The first kappa shape index (κ1) is 12.7. The summed E-state index contributed by atoms with van der Waals surface area (Å²) in [4.78, 5) is 11.3. The largest absolute Gasteiger partial charge is 0.352 e. The lowest BCUT2D eigenvalue weighted by Gasteiger charge is -2.07. The third kappa shape index (κ3) is 4.03. The van der Waals surface area contributed by atoms with Crippen molar-refractivity contribution in [2.75, 3.05) is 0 Å². The van der Waals surface area contributed by atoms with Crippen LogP contribution in [0.4, 0.5) is 0 Å². The molecule has 0 aliphatic heterocycles. The van der Waals surface area contributed by atoms with Crippen molar-refractivity contribution in [1.29, 1.82) is 5.26 Å². The zero-order chi connectivity index (χ0) is 12.0. The number of nitriles is 1. The molecule has 16 heavy (non-hydrogen) atoms. The van der Waals surface area contributed by atoms with Crippen LogP contribution >= 0.6 is 15.9 Å². The maximum atomic E-state index is 11.3. The van der Waals surface area contributed by atoms with Crippen molar-refractivity contribution < 1.29 is 4.79 Å². The second-order valence-electron chi connectivity index (χ2n) is 3.51. The van der Waals surface area contributed by atoms with Gasteiger partial charge >= 0.3 is 0 Å². The van der Waals surface area contributed by atoms with Crippen molar-refractivity contribution in [2.45, 2.75) is 26.3 Å². The van der Waals surface area contributed by atoms with Gasteiger partial charge in [0.2, 0.25) is 5.91 Å². The van der Waals surface area contributed by atoms with Crippen molar-refractivity contribution in [2.24, 2.45) is 0 Å². The summed E-state index contributed by atoms with van der Waals surface area (Å²) in [5, 5.41) is 11.1. The molecule has 0 fully saturated rings. The molecule has 84 valence electrons. The molecule has 0 unspecified atom stereocenters. The van der Waals surface area contributed by atoms with E-state index in [9.17, 15) is 4.79 Å². The number of hydrogen-bond acceptors (Lipinski definition) is 2. The maximum absolute atomic E-state index is 11.3. The quantitative estimate of drug-likeness (QED) is 0.922. The summed E-state index contributed by atoms with van der Waals surface area (Å²) in [5.74, 6) is -0.0825.